The molecule has 0 bridgehead atoms. The highest BCUT2D eigenvalue weighted by Gasteiger charge is 2.00. The van der Waals surface area contributed by atoms with Crippen LogP contribution >= 0.6 is 0 Å². The Morgan fingerprint density at radius 1 is 0.765 bits per heavy atom. The molecule has 0 aliphatic heterocycles. The largest absolute Gasteiger partial charge is 0.393 e. The Kier molecular flexibility index (Phi) is 13.1. The van der Waals surface area contributed by atoms with Crippen LogP contribution in [0.1, 0.15) is 71.6 Å². The molecule has 0 heterocycles. The summed E-state index contributed by atoms with van der Waals surface area (Å²) in [7, 11) is 0. The molecule has 0 aromatic rings. The van der Waals surface area contributed by atoms with Gasteiger partial charge in [0.1, 0.15) is 0 Å². The van der Waals surface area contributed by atoms with Crippen LogP contribution in [-0.4, -0.2) is 11.2 Å². The van der Waals surface area contributed by atoms with Gasteiger partial charge in [0.25, 0.3) is 0 Å². The molecule has 1 nitrogen and oxygen atoms in total. The quantitative estimate of drug-likeness (QED) is 0.396. The average molecular weight is 238 g/mol. The molecule has 0 rings (SSSR count). The zero-order chi connectivity index (χ0) is 12.8. The van der Waals surface area contributed by atoms with Crippen LogP contribution in [0, 0.1) is 0 Å². The molecule has 1 N–H and O–H groups in total. The zero-order valence-electron chi connectivity index (χ0n) is 11.7. The van der Waals surface area contributed by atoms with Crippen molar-refractivity contribution in [3.8, 4) is 0 Å². The van der Waals surface area contributed by atoms with Crippen molar-refractivity contribution in [2.45, 2.75) is 77.7 Å². The molecule has 0 amide bonds. The van der Waals surface area contributed by atoms with E-state index in [4.69, 9.17) is 0 Å². The maximum Gasteiger partial charge on any atom is 0.0546 e. The first kappa shape index (κ1) is 16.4. The highest BCUT2D eigenvalue weighted by molar-refractivity contribution is 4.84. The predicted octanol–water partition coefficient (Wildman–Crippen LogP) is 5.01. The molecule has 0 spiro atoms. The van der Waals surface area contributed by atoms with Crippen LogP contribution in [0.15, 0.2) is 24.3 Å². The standard InChI is InChI=1S/C16H30O/c1-3-5-7-9-11-13-15-16(17)14-12-10-8-6-4-2/h8-11,16-17H,3-7,12-15H2,1-2H3/b10-8-,11-9-. The Hall–Kier alpha value is -0.560. The van der Waals surface area contributed by atoms with Crippen LogP contribution in [0.4, 0.5) is 0 Å². The van der Waals surface area contributed by atoms with Gasteiger partial charge in [-0.1, -0.05) is 57.4 Å². The molecule has 0 aromatic carbocycles. The van der Waals surface area contributed by atoms with E-state index in [-0.39, 0.29) is 6.10 Å². The van der Waals surface area contributed by atoms with Crippen LogP contribution in [-0.2, 0) is 0 Å². The highest BCUT2D eigenvalue weighted by atomic mass is 16.3. The smallest absolute Gasteiger partial charge is 0.0546 e. The van der Waals surface area contributed by atoms with Crippen LogP contribution in [0.2, 0.25) is 0 Å². The lowest BCUT2D eigenvalue weighted by Gasteiger charge is -2.06. The molecule has 0 aromatic heterocycles. The van der Waals surface area contributed by atoms with Crippen molar-refractivity contribution >= 4 is 0 Å². The summed E-state index contributed by atoms with van der Waals surface area (Å²) in [6.45, 7) is 4.40. The molecule has 0 saturated carbocycles. The minimum Gasteiger partial charge on any atom is -0.393 e. The number of rotatable bonds is 11. The molecule has 1 heteroatoms. The molecule has 0 fully saturated rings. The summed E-state index contributed by atoms with van der Waals surface area (Å²) in [5.41, 5.74) is 0. The van der Waals surface area contributed by atoms with Gasteiger partial charge in [-0.05, 0) is 38.5 Å². The number of aliphatic hydroxyl groups excluding tert-OH is 1. The van der Waals surface area contributed by atoms with Crippen LogP contribution in [0.25, 0.3) is 0 Å². The van der Waals surface area contributed by atoms with Gasteiger partial charge in [0.2, 0.25) is 0 Å². The SMILES string of the molecule is CCC/C=C\CCC(O)CC/C=C\CCCC. The Morgan fingerprint density at radius 3 is 1.82 bits per heavy atom. The fourth-order valence-electron chi connectivity index (χ4n) is 1.68. The summed E-state index contributed by atoms with van der Waals surface area (Å²) < 4.78 is 0. The predicted molar refractivity (Wildman–Crippen MR) is 77.2 cm³/mol. The minimum absolute atomic E-state index is 0.128. The third-order valence-corrected chi connectivity index (χ3v) is 2.85. The van der Waals surface area contributed by atoms with E-state index in [9.17, 15) is 5.11 Å². The van der Waals surface area contributed by atoms with Crippen LogP contribution in [0.5, 0.6) is 0 Å². The second kappa shape index (κ2) is 13.5. The van der Waals surface area contributed by atoms with Crippen molar-refractivity contribution in [2.75, 3.05) is 0 Å². The van der Waals surface area contributed by atoms with E-state index in [1.54, 1.807) is 0 Å². The molecule has 100 valence electrons. The number of allylic oxidation sites excluding steroid dienone is 4. The van der Waals surface area contributed by atoms with E-state index in [0.717, 1.165) is 32.1 Å². The van der Waals surface area contributed by atoms with Gasteiger partial charge in [-0.3, -0.25) is 0 Å². The molecule has 0 radical (unpaired) electrons. The van der Waals surface area contributed by atoms with Gasteiger partial charge in [0, 0.05) is 0 Å². The fourth-order valence-corrected chi connectivity index (χ4v) is 1.68. The first-order valence-electron chi connectivity index (χ1n) is 7.29. The second-order valence-corrected chi connectivity index (χ2v) is 4.68. The van der Waals surface area contributed by atoms with Crippen molar-refractivity contribution in [2.24, 2.45) is 0 Å². The van der Waals surface area contributed by atoms with Gasteiger partial charge in [-0.25, -0.2) is 0 Å². The van der Waals surface area contributed by atoms with Gasteiger partial charge in [-0.15, -0.1) is 0 Å². The summed E-state index contributed by atoms with van der Waals surface area (Å²) in [5, 5.41) is 9.74. The Balaban J connectivity index is 3.33. The normalized spacial score (nSPS) is 13.8. The van der Waals surface area contributed by atoms with Crippen molar-refractivity contribution in [1.82, 2.24) is 0 Å². The van der Waals surface area contributed by atoms with E-state index in [1.807, 2.05) is 0 Å². The van der Waals surface area contributed by atoms with Crippen molar-refractivity contribution in [1.29, 1.82) is 0 Å². The molecule has 17 heavy (non-hydrogen) atoms. The third-order valence-electron chi connectivity index (χ3n) is 2.85. The Bertz CT molecular complexity index is 194. The molecule has 1 unspecified atom stereocenters. The summed E-state index contributed by atoms with van der Waals surface area (Å²) >= 11 is 0. The molecule has 1 atom stereocenters. The lowest BCUT2D eigenvalue weighted by molar-refractivity contribution is 0.157. The molecule has 0 aliphatic carbocycles. The van der Waals surface area contributed by atoms with Crippen molar-refractivity contribution in [3.05, 3.63) is 24.3 Å². The summed E-state index contributed by atoms with van der Waals surface area (Å²) in [5.74, 6) is 0. The van der Waals surface area contributed by atoms with E-state index in [1.165, 1.54) is 25.7 Å². The topological polar surface area (TPSA) is 20.2 Å². The van der Waals surface area contributed by atoms with E-state index < -0.39 is 0 Å². The van der Waals surface area contributed by atoms with E-state index in [2.05, 4.69) is 38.2 Å². The van der Waals surface area contributed by atoms with E-state index >= 15 is 0 Å². The zero-order valence-corrected chi connectivity index (χ0v) is 11.7. The highest BCUT2D eigenvalue weighted by Crippen LogP contribution is 2.07. The lowest BCUT2D eigenvalue weighted by atomic mass is 10.1. The number of hydrogen-bond acceptors (Lipinski definition) is 1. The lowest BCUT2D eigenvalue weighted by Crippen LogP contribution is -2.04. The average Bonchev–Trinajstić information content (AvgIpc) is 2.33. The third kappa shape index (κ3) is 13.4. The monoisotopic (exact) mass is 238 g/mol. The molecular formula is C16H30O. The van der Waals surface area contributed by atoms with Gasteiger partial charge in [-0.2, -0.15) is 0 Å². The summed E-state index contributed by atoms with van der Waals surface area (Å²) in [4.78, 5) is 0. The number of hydrogen-bond donors (Lipinski definition) is 1. The first-order chi connectivity index (χ1) is 8.31. The van der Waals surface area contributed by atoms with E-state index in [0.29, 0.717) is 0 Å². The molecule has 0 saturated heterocycles. The van der Waals surface area contributed by atoms with Crippen molar-refractivity contribution in [3.63, 3.8) is 0 Å². The Morgan fingerprint density at radius 2 is 1.29 bits per heavy atom. The van der Waals surface area contributed by atoms with Crippen LogP contribution in [0.3, 0.4) is 0 Å². The maximum atomic E-state index is 9.74. The first-order valence-corrected chi connectivity index (χ1v) is 7.29. The van der Waals surface area contributed by atoms with Gasteiger partial charge in [0.05, 0.1) is 6.10 Å². The fraction of sp³-hybridized carbons (Fsp3) is 0.750. The van der Waals surface area contributed by atoms with Crippen LogP contribution < -0.4 is 0 Å². The van der Waals surface area contributed by atoms with Gasteiger partial charge < -0.3 is 5.11 Å². The minimum atomic E-state index is -0.128. The summed E-state index contributed by atoms with van der Waals surface area (Å²) in [6, 6.07) is 0. The Labute approximate surface area is 108 Å². The van der Waals surface area contributed by atoms with Crippen molar-refractivity contribution < 1.29 is 5.11 Å². The number of unbranched alkanes of at least 4 members (excludes halogenated alkanes) is 3. The number of aliphatic hydroxyl groups is 1. The van der Waals surface area contributed by atoms with Gasteiger partial charge >= 0.3 is 0 Å². The molecular weight excluding hydrogens is 208 g/mol. The summed E-state index contributed by atoms with van der Waals surface area (Å²) in [6.07, 6.45) is 18.7. The second-order valence-electron chi connectivity index (χ2n) is 4.68. The maximum absolute atomic E-state index is 9.74. The van der Waals surface area contributed by atoms with Gasteiger partial charge in [0.15, 0.2) is 0 Å². The molecule has 0 aliphatic rings.